The number of anilines is 1. The number of nitrogens with zero attached hydrogens (tertiary/aromatic N) is 3. The number of benzene rings is 2. The molecule has 30 heavy (non-hydrogen) atoms. The summed E-state index contributed by atoms with van der Waals surface area (Å²) in [6.07, 6.45) is 2.22. The highest BCUT2D eigenvalue weighted by Crippen LogP contribution is 2.32. The summed E-state index contributed by atoms with van der Waals surface area (Å²) >= 11 is 0. The molecule has 0 aliphatic carbocycles. The van der Waals surface area contributed by atoms with Crippen molar-refractivity contribution in [3.05, 3.63) is 53.8 Å². The Morgan fingerprint density at radius 1 is 1.13 bits per heavy atom. The van der Waals surface area contributed by atoms with Crippen molar-refractivity contribution in [3.63, 3.8) is 0 Å². The molecule has 2 aromatic carbocycles. The number of hydrogen-bond acceptors (Lipinski definition) is 6. The van der Waals surface area contributed by atoms with E-state index in [0.717, 1.165) is 61.5 Å². The third-order valence-corrected chi connectivity index (χ3v) is 6.28. The molecular weight excluding hydrogens is 385 g/mol. The summed E-state index contributed by atoms with van der Waals surface area (Å²) in [5.74, 6) is 1.79. The molecule has 5 rings (SSSR count). The summed E-state index contributed by atoms with van der Waals surface area (Å²) in [4.78, 5) is 4.77. The summed E-state index contributed by atoms with van der Waals surface area (Å²) < 4.78 is 25.1. The summed E-state index contributed by atoms with van der Waals surface area (Å²) in [6.45, 7) is 4.41. The monoisotopic (exact) mass is 411 g/mol. The topological polar surface area (TPSA) is 62.0 Å². The van der Waals surface area contributed by atoms with E-state index in [0.29, 0.717) is 24.1 Å². The van der Waals surface area contributed by atoms with Crippen LogP contribution in [0.5, 0.6) is 5.75 Å². The Labute approximate surface area is 174 Å². The first-order valence-electron chi connectivity index (χ1n) is 10.6. The van der Waals surface area contributed by atoms with Crippen LogP contribution < -0.4 is 9.64 Å². The van der Waals surface area contributed by atoms with Gasteiger partial charge in [-0.3, -0.25) is 4.90 Å². The molecule has 2 fully saturated rings. The number of halogens is 1. The number of aromatic nitrogens is 1. The van der Waals surface area contributed by atoms with E-state index in [1.54, 1.807) is 6.07 Å². The van der Waals surface area contributed by atoms with Crippen LogP contribution >= 0.6 is 0 Å². The number of rotatable bonds is 5. The van der Waals surface area contributed by atoms with Gasteiger partial charge in [-0.05, 0) is 48.7 Å². The van der Waals surface area contributed by atoms with Crippen molar-refractivity contribution in [2.24, 2.45) is 5.92 Å². The predicted octanol–water partition coefficient (Wildman–Crippen LogP) is 3.44. The molecule has 3 aromatic rings. The lowest BCUT2D eigenvalue weighted by molar-refractivity contribution is 0.0726. The average molecular weight is 411 g/mol. The first-order valence-corrected chi connectivity index (χ1v) is 10.6. The Kier molecular flexibility index (Phi) is 5.31. The van der Waals surface area contributed by atoms with Crippen LogP contribution in [0, 0.1) is 11.7 Å². The van der Waals surface area contributed by atoms with Gasteiger partial charge in [0.25, 0.3) is 0 Å². The van der Waals surface area contributed by atoms with Gasteiger partial charge in [-0.25, -0.2) is 4.39 Å². The zero-order valence-electron chi connectivity index (χ0n) is 16.8. The number of piperidine rings is 1. The Bertz CT molecular complexity index is 1020. The molecule has 6 nitrogen and oxygen atoms in total. The fourth-order valence-electron chi connectivity index (χ4n) is 4.66. The quantitative estimate of drug-likeness (QED) is 0.694. The van der Waals surface area contributed by atoms with Crippen molar-refractivity contribution in [2.75, 3.05) is 37.7 Å². The van der Waals surface area contributed by atoms with Crippen LogP contribution in [0.2, 0.25) is 0 Å². The molecule has 0 spiro atoms. The predicted molar refractivity (Wildman–Crippen MR) is 112 cm³/mol. The molecule has 1 N–H and O–H groups in total. The highest BCUT2D eigenvalue weighted by Gasteiger charge is 2.34. The fraction of sp³-hybridized carbons (Fsp3) is 0.435. The first-order chi connectivity index (χ1) is 14.7. The number of fused-ring (bicyclic) bond motifs is 2. The molecule has 0 radical (unpaired) electrons. The Hall–Kier alpha value is -2.64. The van der Waals surface area contributed by atoms with Gasteiger partial charge in [-0.1, -0.05) is 17.3 Å². The van der Waals surface area contributed by atoms with Gasteiger partial charge in [0, 0.05) is 38.1 Å². The van der Waals surface area contributed by atoms with Crippen molar-refractivity contribution in [1.29, 1.82) is 0 Å². The van der Waals surface area contributed by atoms with Gasteiger partial charge >= 0.3 is 0 Å². The van der Waals surface area contributed by atoms with Crippen LogP contribution in [0.4, 0.5) is 10.2 Å². The molecule has 2 saturated heterocycles. The number of ether oxygens (including phenoxy) is 1. The van der Waals surface area contributed by atoms with Gasteiger partial charge in [-0.2, -0.15) is 0 Å². The maximum absolute atomic E-state index is 13.7. The summed E-state index contributed by atoms with van der Waals surface area (Å²) in [5.41, 5.74) is 1.49. The Morgan fingerprint density at radius 2 is 2.07 bits per heavy atom. The molecule has 158 valence electrons. The SMILES string of the molecule is OCc1cccc(OC[C@@H]2CC[C@@H]3CN(c4noc5ccc(F)cc45)CCN3C2)c1. The van der Waals surface area contributed by atoms with E-state index < -0.39 is 0 Å². The molecule has 0 amide bonds. The second-order valence-corrected chi connectivity index (χ2v) is 8.30. The maximum Gasteiger partial charge on any atom is 0.180 e. The van der Waals surface area contributed by atoms with Gasteiger partial charge in [-0.15, -0.1) is 0 Å². The van der Waals surface area contributed by atoms with Crippen LogP contribution in [-0.4, -0.2) is 54.0 Å². The lowest BCUT2D eigenvalue weighted by atomic mass is 9.91. The fourth-order valence-corrected chi connectivity index (χ4v) is 4.66. The Balaban J connectivity index is 1.19. The van der Waals surface area contributed by atoms with E-state index in [9.17, 15) is 9.50 Å². The van der Waals surface area contributed by atoms with E-state index in [4.69, 9.17) is 9.26 Å². The minimum absolute atomic E-state index is 0.0278. The van der Waals surface area contributed by atoms with Crippen molar-refractivity contribution >= 4 is 16.8 Å². The molecule has 2 aliphatic rings. The third-order valence-electron chi connectivity index (χ3n) is 6.28. The zero-order valence-corrected chi connectivity index (χ0v) is 16.8. The lowest BCUT2D eigenvalue weighted by Gasteiger charge is -2.46. The highest BCUT2D eigenvalue weighted by atomic mass is 19.1. The molecule has 3 heterocycles. The molecule has 2 aliphatic heterocycles. The van der Waals surface area contributed by atoms with Gasteiger partial charge in [0.15, 0.2) is 11.4 Å². The number of aliphatic hydroxyl groups is 1. The van der Waals surface area contributed by atoms with Crippen LogP contribution in [0.3, 0.4) is 0 Å². The van der Waals surface area contributed by atoms with Gasteiger partial charge in [0.1, 0.15) is 11.6 Å². The number of aliphatic hydroxyl groups excluding tert-OH is 1. The van der Waals surface area contributed by atoms with E-state index in [2.05, 4.69) is 15.0 Å². The van der Waals surface area contributed by atoms with Gasteiger partial charge in [0.2, 0.25) is 0 Å². The normalized spacial score (nSPS) is 22.3. The minimum atomic E-state index is -0.268. The van der Waals surface area contributed by atoms with Gasteiger partial charge in [0.05, 0.1) is 18.6 Å². The summed E-state index contributed by atoms with van der Waals surface area (Å²) in [5, 5.41) is 14.2. The molecule has 0 bridgehead atoms. The largest absolute Gasteiger partial charge is 0.493 e. The van der Waals surface area contributed by atoms with Gasteiger partial charge < -0.3 is 19.3 Å². The molecule has 0 unspecified atom stereocenters. The highest BCUT2D eigenvalue weighted by molar-refractivity contribution is 5.88. The molecular formula is C23H26FN3O3. The Morgan fingerprint density at radius 3 is 2.97 bits per heavy atom. The van der Waals surface area contributed by atoms with Crippen molar-refractivity contribution in [1.82, 2.24) is 10.1 Å². The van der Waals surface area contributed by atoms with Crippen LogP contribution in [0.15, 0.2) is 47.0 Å². The van der Waals surface area contributed by atoms with E-state index in [1.165, 1.54) is 12.1 Å². The first kappa shape index (κ1) is 19.3. The number of hydrogen-bond donors (Lipinski definition) is 1. The standard InChI is InChI=1S/C23H26FN3O3/c24-18-5-7-22-21(11-18)23(25-30-22)27-9-8-26-12-17(4-6-19(26)13-27)15-29-20-3-1-2-16(10-20)14-28/h1-3,5,7,10-11,17,19,28H,4,6,8-9,12-15H2/t17-,19-/m1/s1. The van der Waals surface area contributed by atoms with E-state index >= 15 is 0 Å². The summed E-state index contributed by atoms with van der Waals surface area (Å²) in [6, 6.07) is 12.7. The van der Waals surface area contributed by atoms with Crippen LogP contribution in [0.1, 0.15) is 18.4 Å². The summed E-state index contributed by atoms with van der Waals surface area (Å²) in [7, 11) is 0. The van der Waals surface area contributed by atoms with Crippen molar-refractivity contribution in [3.8, 4) is 5.75 Å². The molecule has 2 atom stereocenters. The lowest BCUT2D eigenvalue weighted by Crippen LogP contribution is -2.57. The second-order valence-electron chi connectivity index (χ2n) is 8.30. The number of piperazine rings is 1. The average Bonchev–Trinajstić information content (AvgIpc) is 3.20. The third kappa shape index (κ3) is 3.87. The minimum Gasteiger partial charge on any atom is -0.493 e. The van der Waals surface area contributed by atoms with Crippen LogP contribution in [0.25, 0.3) is 11.0 Å². The molecule has 1 aromatic heterocycles. The maximum atomic E-state index is 13.7. The van der Waals surface area contributed by atoms with Crippen molar-refractivity contribution in [2.45, 2.75) is 25.5 Å². The molecule has 0 saturated carbocycles. The molecule has 7 heteroatoms. The second kappa shape index (κ2) is 8.24. The zero-order chi connectivity index (χ0) is 20.5. The van der Waals surface area contributed by atoms with E-state index in [-0.39, 0.29) is 12.4 Å². The van der Waals surface area contributed by atoms with E-state index in [1.807, 2.05) is 24.3 Å². The van der Waals surface area contributed by atoms with Crippen LogP contribution in [-0.2, 0) is 6.61 Å². The smallest absolute Gasteiger partial charge is 0.180 e. The van der Waals surface area contributed by atoms with Crippen molar-refractivity contribution < 1.29 is 18.8 Å².